The molecule has 0 aliphatic carbocycles. The Hall–Kier alpha value is -1.14. The Kier molecular flexibility index (Phi) is 4.19. The van der Waals surface area contributed by atoms with Crippen LogP contribution < -0.4 is 4.90 Å². The number of aryl methyl sites for hydroxylation is 1. The fourth-order valence-electron chi connectivity index (χ4n) is 1.95. The third-order valence-corrected chi connectivity index (χ3v) is 3.91. The number of rotatable bonds is 4. The van der Waals surface area contributed by atoms with Gasteiger partial charge in [0.1, 0.15) is 0 Å². The van der Waals surface area contributed by atoms with Crippen molar-refractivity contribution in [3.8, 4) is 0 Å². The lowest BCUT2D eigenvalue weighted by molar-refractivity contribution is -0.136. The molecule has 1 fully saturated rings. The topological polar surface area (TPSA) is 62.7 Å². The lowest BCUT2D eigenvalue weighted by Gasteiger charge is -2.36. The van der Waals surface area contributed by atoms with E-state index in [1.54, 1.807) is 11.3 Å². The summed E-state index contributed by atoms with van der Waals surface area (Å²) in [6.07, 6.45) is 0.853. The van der Waals surface area contributed by atoms with E-state index in [1.165, 1.54) is 0 Å². The first kappa shape index (κ1) is 13.3. The third-order valence-electron chi connectivity index (χ3n) is 2.99. The number of hydrogen-bond donors (Lipinski definition) is 1. The summed E-state index contributed by atoms with van der Waals surface area (Å²) in [5.74, 6) is -0.780. The van der Waals surface area contributed by atoms with Crippen molar-refractivity contribution < 1.29 is 14.6 Å². The molecule has 1 N–H and O–H groups in total. The molecule has 1 aliphatic rings. The zero-order valence-corrected chi connectivity index (χ0v) is 11.4. The number of anilines is 1. The largest absolute Gasteiger partial charge is 0.481 e. The van der Waals surface area contributed by atoms with E-state index in [2.05, 4.69) is 23.7 Å². The molecule has 100 valence electrons. The minimum absolute atomic E-state index is 0.137. The van der Waals surface area contributed by atoms with Crippen molar-refractivity contribution in [2.45, 2.75) is 38.8 Å². The Bertz CT molecular complexity index is 421. The summed E-state index contributed by atoms with van der Waals surface area (Å²) in [7, 11) is 0. The number of hydrogen-bond acceptors (Lipinski definition) is 5. The highest BCUT2D eigenvalue weighted by Crippen LogP contribution is 2.26. The number of aliphatic carboxylic acids is 1. The van der Waals surface area contributed by atoms with Gasteiger partial charge >= 0.3 is 5.97 Å². The fourth-order valence-corrected chi connectivity index (χ4v) is 2.92. The van der Waals surface area contributed by atoms with Gasteiger partial charge in [-0.3, -0.25) is 4.79 Å². The molecule has 6 heteroatoms. The molecule has 0 radical (unpaired) electrons. The summed E-state index contributed by atoms with van der Waals surface area (Å²) < 4.78 is 5.59. The summed E-state index contributed by atoms with van der Waals surface area (Å²) >= 11 is 1.58. The molecule has 2 unspecified atom stereocenters. The van der Waals surface area contributed by atoms with Gasteiger partial charge in [-0.1, -0.05) is 0 Å². The smallest absolute Gasteiger partial charge is 0.303 e. The molecule has 18 heavy (non-hydrogen) atoms. The number of thiazole rings is 1. The van der Waals surface area contributed by atoms with Gasteiger partial charge in [0.25, 0.3) is 0 Å². The van der Waals surface area contributed by atoms with Gasteiger partial charge in [0, 0.05) is 18.3 Å². The van der Waals surface area contributed by atoms with Crippen molar-refractivity contribution in [3.63, 3.8) is 0 Å². The van der Waals surface area contributed by atoms with E-state index in [4.69, 9.17) is 9.84 Å². The van der Waals surface area contributed by atoms with Crippen LogP contribution in [0.5, 0.6) is 0 Å². The number of aromatic nitrogens is 1. The van der Waals surface area contributed by atoms with Crippen molar-refractivity contribution in [1.29, 1.82) is 0 Å². The van der Waals surface area contributed by atoms with E-state index < -0.39 is 5.97 Å². The van der Waals surface area contributed by atoms with Gasteiger partial charge in [0.15, 0.2) is 5.13 Å². The van der Waals surface area contributed by atoms with E-state index >= 15 is 0 Å². The maximum Gasteiger partial charge on any atom is 0.303 e. The van der Waals surface area contributed by atoms with Crippen molar-refractivity contribution in [2.24, 2.45) is 0 Å². The minimum Gasteiger partial charge on any atom is -0.481 e. The molecule has 1 aliphatic heterocycles. The molecule has 0 saturated carbocycles. The van der Waals surface area contributed by atoms with E-state index in [0.717, 1.165) is 17.4 Å². The van der Waals surface area contributed by atoms with E-state index in [0.29, 0.717) is 19.1 Å². The molecule has 1 aromatic heterocycles. The van der Waals surface area contributed by atoms with Gasteiger partial charge in [-0.05, 0) is 13.8 Å². The van der Waals surface area contributed by atoms with Crippen LogP contribution >= 0.6 is 11.3 Å². The van der Waals surface area contributed by atoms with Crippen LogP contribution in [0, 0.1) is 0 Å². The second-order valence-corrected chi connectivity index (χ2v) is 5.50. The summed E-state index contributed by atoms with van der Waals surface area (Å²) in [6, 6.07) is 0.319. The molecule has 1 saturated heterocycles. The first-order valence-electron chi connectivity index (χ1n) is 6.10. The Morgan fingerprint density at radius 3 is 3.17 bits per heavy atom. The Balaban J connectivity index is 2.02. The van der Waals surface area contributed by atoms with Crippen LogP contribution in [0.4, 0.5) is 5.13 Å². The van der Waals surface area contributed by atoms with Gasteiger partial charge in [-0.25, -0.2) is 4.98 Å². The van der Waals surface area contributed by atoms with Gasteiger partial charge < -0.3 is 14.7 Å². The monoisotopic (exact) mass is 270 g/mol. The number of ether oxygens (including phenoxy) is 1. The van der Waals surface area contributed by atoms with Crippen LogP contribution in [0.15, 0.2) is 5.38 Å². The van der Waals surface area contributed by atoms with Gasteiger partial charge in [0.05, 0.1) is 30.9 Å². The van der Waals surface area contributed by atoms with Crippen LogP contribution in [0.3, 0.4) is 0 Å². The molecule has 0 bridgehead atoms. The summed E-state index contributed by atoms with van der Waals surface area (Å²) in [5, 5.41) is 11.6. The molecular weight excluding hydrogens is 252 g/mol. The number of carboxylic acid groups (broad SMARTS) is 1. The fraction of sp³-hybridized carbons (Fsp3) is 0.667. The molecule has 2 rings (SSSR count). The minimum atomic E-state index is -0.780. The summed E-state index contributed by atoms with van der Waals surface area (Å²) in [5.41, 5.74) is 0.865. The quantitative estimate of drug-likeness (QED) is 0.903. The number of nitrogens with zero attached hydrogens (tertiary/aromatic N) is 2. The maximum atomic E-state index is 10.5. The Labute approximate surface area is 110 Å². The maximum absolute atomic E-state index is 10.5. The third kappa shape index (κ3) is 3.20. The predicted octanol–water partition coefficient (Wildman–Crippen LogP) is 1.77. The summed E-state index contributed by atoms with van der Waals surface area (Å²) in [6.45, 7) is 5.72. The number of morpholine rings is 1. The number of carbonyl (C=O) groups is 1. The first-order valence-corrected chi connectivity index (χ1v) is 6.98. The average molecular weight is 270 g/mol. The van der Waals surface area contributed by atoms with E-state index in [1.807, 2.05) is 5.38 Å². The molecule has 2 heterocycles. The molecule has 0 spiro atoms. The SMILES string of the molecule is CC1CN(c2nc(CCC(=O)O)cs2)C(C)CO1. The van der Waals surface area contributed by atoms with Crippen molar-refractivity contribution in [3.05, 3.63) is 11.1 Å². The first-order chi connectivity index (χ1) is 8.56. The van der Waals surface area contributed by atoms with Crippen molar-refractivity contribution >= 4 is 22.4 Å². The highest BCUT2D eigenvalue weighted by Gasteiger charge is 2.25. The lowest BCUT2D eigenvalue weighted by atomic mass is 10.2. The molecular formula is C12H18N2O3S. The Morgan fingerprint density at radius 2 is 2.44 bits per heavy atom. The molecule has 0 amide bonds. The van der Waals surface area contributed by atoms with Crippen molar-refractivity contribution in [2.75, 3.05) is 18.1 Å². The van der Waals surface area contributed by atoms with E-state index in [-0.39, 0.29) is 12.5 Å². The van der Waals surface area contributed by atoms with Crippen LogP contribution in [0.2, 0.25) is 0 Å². The Morgan fingerprint density at radius 1 is 1.67 bits per heavy atom. The molecule has 2 atom stereocenters. The normalized spacial score (nSPS) is 24.2. The highest BCUT2D eigenvalue weighted by molar-refractivity contribution is 7.13. The molecule has 5 nitrogen and oxygen atoms in total. The second-order valence-electron chi connectivity index (χ2n) is 4.66. The van der Waals surface area contributed by atoms with Crippen LogP contribution in [-0.2, 0) is 16.0 Å². The van der Waals surface area contributed by atoms with Crippen LogP contribution in [0.1, 0.15) is 26.0 Å². The predicted molar refractivity (Wildman–Crippen MR) is 70.3 cm³/mol. The van der Waals surface area contributed by atoms with Crippen molar-refractivity contribution in [1.82, 2.24) is 4.98 Å². The zero-order chi connectivity index (χ0) is 13.1. The number of carboxylic acids is 1. The second kappa shape index (κ2) is 5.67. The zero-order valence-electron chi connectivity index (χ0n) is 10.6. The average Bonchev–Trinajstić information content (AvgIpc) is 2.78. The van der Waals surface area contributed by atoms with Gasteiger partial charge in [0.2, 0.25) is 0 Å². The summed E-state index contributed by atoms with van der Waals surface area (Å²) in [4.78, 5) is 17.3. The standard InChI is InChI=1S/C12H18N2O3S/c1-8-6-17-9(2)5-14(8)12-13-10(7-18-12)3-4-11(15)16/h7-9H,3-6H2,1-2H3,(H,15,16). The molecule has 1 aromatic rings. The highest BCUT2D eigenvalue weighted by atomic mass is 32.1. The van der Waals surface area contributed by atoms with E-state index in [9.17, 15) is 4.79 Å². The van der Waals surface area contributed by atoms with Gasteiger partial charge in [-0.15, -0.1) is 11.3 Å². The lowest BCUT2D eigenvalue weighted by Crippen LogP contribution is -2.47. The van der Waals surface area contributed by atoms with Gasteiger partial charge in [-0.2, -0.15) is 0 Å². The molecule has 0 aromatic carbocycles. The van der Waals surface area contributed by atoms with Crippen LogP contribution in [0.25, 0.3) is 0 Å². The van der Waals surface area contributed by atoms with Crippen LogP contribution in [-0.4, -0.2) is 41.4 Å².